The fraction of sp³-hybridized carbons (Fsp3) is 0.125. The van der Waals surface area contributed by atoms with E-state index in [4.69, 9.17) is 0 Å². The summed E-state index contributed by atoms with van der Waals surface area (Å²) >= 11 is 0. The molecule has 0 aliphatic rings. The zero-order valence-electron chi connectivity index (χ0n) is 18.8. The Morgan fingerprint density at radius 2 is 0.879 bits per heavy atom. The van der Waals surface area contributed by atoms with Gasteiger partial charge < -0.3 is 4.98 Å². The van der Waals surface area contributed by atoms with E-state index in [-0.39, 0.29) is 11.8 Å². The smallest absolute Gasteiger partial charge is 0.0284 e. The van der Waals surface area contributed by atoms with Crippen LogP contribution in [0, 0.1) is 0 Å². The molecule has 2 unspecified atom stereocenters. The van der Waals surface area contributed by atoms with Crippen LogP contribution >= 0.6 is 0 Å². The average Bonchev–Trinajstić information content (AvgIpc) is 3.37. The molecule has 1 nitrogen and oxygen atoms in total. The molecule has 5 rings (SSSR count). The molecule has 0 aliphatic carbocycles. The molecule has 4 aromatic carbocycles. The first-order chi connectivity index (χ1) is 16.4. The van der Waals surface area contributed by atoms with Gasteiger partial charge in [0.25, 0.3) is 0 Å². The Labute approximate surface area is 196 Å². The maximum absolute atomic E-state index is 3.66. The van der Waals surface area contributed by atoms with E-state index in [2.05, 4.69) is 139 Å². The van der Waals surface area contributed by atoms with Gasteiger partial charge in [-0.05, 0) is 46.7 Å². The first-order valence-electron chi connectivity index (χ1n) is 11.7. The van der Waals surface area contributed by atoms with Crippen LogP contribution in [0.1, 0.15) is 45.3 Å². The number of rotatable bonds is 8. The second-order valence-electron chi connectivity index (χ2n) is 8.65. The maximum Gasteiger partial charge on any atom is 0.0284 e. The minimum atomic E-state index is 0.264. The Kier molecular flexibility index (Phi) is 6.49. The number of benzene rings is 4. The second-order valence-corrected chi connectivity index (χ2v) is 8.65. The molecule has 1 aromatic heterocycles. The Morgan fingerprint density at radius 3 is 1.39 bits per heavy atom. The fourth-order valence-electron chi connectivity index (χ4n) is 4.86. The molecule has 0 spiro atoms. The molecule has 0 saturated carbocycles. The number of hydrogen-bond acceptors (Lipinski definition) is 0. The first kappa shape index (κ1) is 21.0. The molecule has 0 fully saturated rings. The summed E-state index contributed by atoms with van der Waals surface area (Å²) < 4.78 is 0. The van der Waals surface area contributed by atoms with Crippen LogP contribution in [0.3, 0.4) is 0 Å². The second kappa shape index (κ2) is 10.2. The third-order valence-electron chi connectivity index (χ3n) is 6.51. The third kappa shape index (κ3) is 4.99. The van der Waals surface area contributed by atoms with Crippen molar-refractivity contribution in [3.05, 3.63) is 167 Å². The zero-order valence-corrected chi connectivity index (χ0v) is 18.8. The van der Waals surface area contributed by atoms with Gasteiger partial charge in [0.05, 0.1) is 0 Å². The summed E-state index contributed by atoms with van der Waals surface area (Å²) in [5.41, 5.74) is 8.11. The van der Waals surface area contributed by atoms with Crippen LogP contribution in [-0.4, -0.2) is 4.98 Å². The highest BCUT2D eigenvalue weighted by atomic mass is 14.7. The normalized spacial score (nSPS) is 12.8. The molecule has 1 N–H and O–H groups in total. The van der Waals surface area contributed by atoms with Gasteiger partial charge in [-0.3, -0.25) is 0 Å². The van der Waals surface area contributed by atoms with Crippen LogP contribution in [0.5, 0.6) is 0 Å². The third-order valence-corrected chi connectivity index (χ3v) is 6.51. The van der Waals surface area contributed by atoms with Crippen LogP contribution in [0.4, 0.5) is 0 Å². The Morgan fingerprint density at radius 1 is 0.455 bits per heavy atom. The Balaban J connectivity index is 1.59. The number of nitrogens with one attached hydrogen (secondary N) is 1. The predicted molar refractivity (Wildman–Crippen MR) is 138 cm³/mol. The van der Waals surface area contributed by atoms with Gasteiger partial charge in [0, 0.05) is 23.7 Å². The van der Waals surface area contributed by atoms with Crippen LogP contribution < -0.4 is 0 Å². The highest BCUT2D eigenvalue weighted by molar-refractivity contribution is 5.43. The van der Waals surface area contributed by atoms with Gasteiger partial charge in [0.15, 0.2) is 0 Å². The molecule has 2 atom stereocenters. The highest BCUT2D eigenvalue weighted by Crippen LogP contribution is 2.37. The quantitative estimate of drug-likeness (QED) is 0.260. The molecule has 0 saturated heterocycles. The van der Waals surface area contributed by atoms with Crippen LogP contribution in [0.15, 0.2) is 134 Å². The molecule has 5 aromatic rings. The summed E-state index contributed by atoms with van der Waals surface area (Å²) in [6.07, 6.45) is 4.06. The molecule has 0 radical (unpaired) electrons. The fourth-order valence-corrected chi connectivity index (χ4v) is 4.86. The lowest BCUT2D eigenvalue weighted by molar-refractivity contribution is 0.731. The summed E-state index contributed by atoms with van der Waals surface area (Å²) in [6.45, 7) is 0. The van der Waals surface area contributed by atoms with E-state index in [1.165, 1.54) is 33.5 Å². The van der Waals surface area contributed by atoms with Crippen molar-refractivity contribution in [1.29, 1.82) is 0 Å². The van der Waals surface area contributed by atoms with Crippen molar-refractivity contribution in [1.82, 2.24) is 4.98 Å². The maximum atomic E-state index is 3.66. The van der Waals surface area contributed by atoms with Gasteiger partial charge >= 0.3 is 0 Å². The van der Waals surface area contributed by atoms with E-state index < -0.39 is 0 Å². The first-order valence-corrected chi connectivity index (χ1v) is 11.7. The summed E-state index contributed by atoms with van der Waals surface area (Å²) in [7, 11) is 0. The Bertz CT molecular complexity index is 1140. The molecule has 0 amide bonds. The molecule has 1 heterocycles. The van der Waals surface area contributed by atoms with Gasteiger partial charge in [-0.1, -0.05) is 121 Å². The zero-order chi connectivity index (χ0) is 22.3. The standard InChI is InChI=1S/C32H29N/c1-5-13-25(14-6-1)23-30(27-17-9-3-10-18-27)29-21-22-33-32(29)31(28-19-11-4-12-20-28)24-26-15-7-2-8-16-26/h1-22,30-31,33H,23-24H2. The van der Waals surface area contributed by atoms with Crippen molar-refractivity contribution >= 4 is 0 Å². The number of aromatic amines is 1. The van der Waals surface area contributed by atoms with Crippen LogP contribution in [0.2, 0.25) is 0 Å². The van der Waals surface area contributed by atoms with E-state index >= 15 is 0 Å². The minimum Gasteiger partial charge on any atom is -0.364 e. The van der Waals surface area contributed by atoms with Crippen molar-refractivity contribution in [2.24, 2.45) is 0 Å². The molecule has 1 heteroatoms. The van der Waals surface area contributed by atoms with Crippen molar-refractivity contribution in [3.8, 4) is 0 Å². The number of H-pyrrole nitrogens is 1. The molecular weight excluding hydrogens is 398 g/mol. The van der Waals surface area contributed by atoms with E-state index in [0.717, 1.165) is 12.8 Å². The monoisotopic (exact) mass is 427 g/mol. The molecule has 162 valence electrons. The highest BCUT2D eigenvalue weighted by Gasteiger charge is 2.25. The average molecular weight is 428 g/mol. The lowest BCUT2D eigenvalue weighted by Crippen LogP contribution is -2.12. The predicted octanol–water partition coefficient (Wildman–Crippen LogP) is 7.76. The molecule has 0 aliphatic heterocycles. The van der Waals surface area contributed by atoms with E-state index in [0.29, 0.717) is 0 Å². The van der Waals surface area contributed by atoms with Gasteiger partial charge in [-0.15, -0.1) is 0 Å². The van der Waals surface area contributed by atoms with Crippen molar-refractivity contribution < 1.29 is 0 Å². The van der Waals surface area contributed by atoms with Crippen molar-refractivity contribution in [3.63, 3.8) is 0 Å². The topological polar surface area (TPSA) is 15.8 Å². The molecular formula is C32H29N. The lowest BCUT2D eigenvalue weighted by Gasteiger charge is -2.24. The number of hydrogen-bond donors (Lipinski definition) is 1. The molecule has 33 heavy (non-hydrogen) atoms. The SMILES string of the molecule is c1ccc(CC(c2ccccc2)c2cc[nH]c2C(Cc2ccccc2)c2ccccc2)cc1. The summed E-state index contributed by atoms with van der Waals surface area (Å²) in [5.74, 6) is 0.553. The Hall–Kier alpha value is -3.84. The summed E-state index contributed by atoms with van der Waals surface area (Å²) in [6, 6.07) is 45.8. The van der Waals surface area contributed by atoms with Gasteiger partial charge in [-0.2, -0.15) is 0 Å². The lowest BCUT2D eigenvalue weighted by atomic mass is 9.80. The van der Waals surface area contributed by atoms with Crippen molar-refractivity contribution in [2.45, 2.75) is 24.7 Å². The van der Waals surface area contributed by atoms with Crippen molar-refractivity contribution in [2.75, 3.05) is 0 Å². The number of aromatic nitrogens is 1. The van der Waals surface area contributed by atoms with Crippen LogP contribution in [0.25, 0.3) is 0 Å². The van der Waals surface area contributed by atoms with Gasteiger partial charge in [0.2, 0.25) is 0 Å². The largest absolute Gasteiger partial charge is 0.364 e. The van der Waals surface area contributed by atoms with Gasteiger partial charge in [0.1, 0.15) is 0 Å². The summed E-state index contributed by atoms with van der Waals surface area (Å²) in [5, 5.41) is 0. The van der Waals surface area contributed by atoms with E-state index in [1.807, 2.05) is 0 Å². The summed E-state index contributed by atoms with van der Waals surface area (Å²) in [4.78, 5) is 3.66. The minimum absolute atomic E-state index is 0.264. The van der Waals surface area contributed by atoms with Gasteiger partial charge in [-0.25, -0.2) is 0 Å². The molecule has 0 bridgehead atoms. The van der Waals surface area contributed by atoms with E-state index in [9.17, 15) is 0 Å². The van der Waals surface area contributed by atoms with Crippen LogP contribution in [-0.2, 0) is 12.8 Å². The van der Waals surface area contributed by atoms with E-state index in [1.54, 1.807) is 0 Å².